The fourth-order valence-corrected chi connectivity index (χ4v) is 4.24. The van der Waals surface area contributed by atoms with Gasteiger partial charge in [-0.05, 0) is 17.7 Å². The number of carbonyl (C=O) groups is 1. The zero-order valence-electron chi connectivity index (χ0n) is 10.2. The largest absolute Gasteiger partial charge is 0.481 e. The van der Waals surface area contributed by atoms with Gasteiger partial charge in [0.15, 0.2) is 9.84 Å². The lowest BCUT2D eigenvalue weighted by molar-refractivity contribution is -0.136. The standard InChI is InChI=1S/C11H14O6S2/c1-18(14,15)6-7-19(16,17)10-4-2-9(3-5-10)8-11(12)13/h2-5H,6-8H2,1H3,(H,12,13). The van der Waals surface area contributed by atoms with E-state index in [1.54, 1.807) is 0 Å². The second-order valence-electron chi connectivity index (χ2n) is 4.16. The van der Waals surface area contributed by atoms with Crippen molar-refractivity contribution in [3.8, 4) is 0 Å². The molecular weight excluding hydrogens is 292 g/mol. The number of rotatable bonds is 6. The predicted molar refractivity (Wildman–Crippen MR) is 69.5 cm³/mol. The predicted octanol–water partition coefficient (Wildman–Crippen LogP) is 0.132. The minimum absolute atomic E-state index is 0.00899. The molecule has 0 spiro atoms. The molecule has 0 atom stereocenters. The van der Waals surface area contributed by atoms with Gasteiger partial charge < -0.3 is 5.11 Å². The lowest BCUT2D eigenvalue weighted by Gasteiger charge is -2.04. The van der Waals surface area contributed by atoms with E-state index < -0.39 is 37.1 Å². The minimum Gasteiger partial charge on any atom is -0.481 e. The summed E-state index contributed by atoms with van der Waals surface area (Å²) in [6.07, 6.45) is 0.780. The van der Waals surface area contributed by atoms with Crippen LogP contribution in [0.15, 0.2) is 29.2 Å². The summed E-state index contributed by atoms with van der Waals surface area (Å²) in [5, 5.41) is 8.58. The van der Waals surface area contributed by atoms with Crippen molar-refractivity contribution < 1.29 is 26.7 Å². The molecule has 1 N–H and O–H groups in total. The zero-order chi connectivity index (χ0) is 14.7. The summed E-state index contributed by atoms with van der Waals surface area (Å²) in [4.78, 5) is 10.5. The Kier molecular flexibility index (Phi) is 4.70. The van der Waals surface area contributed by atoms with Gasteiger partial charge in [0, 0.05) is 6.26 Å². The maximum absolute atomic E-state index is 11.8. The molecule has 0 heterocycles. The van der Waals surface area contributed by atoms with Crippen molar-refractivity contribution in [1.29, 1.82) is 0 Å². The van der Waals surface area contributed by atoms with Crippen LogP contribution in [0.1, 0.15) is 5.56 Å². The van der Waals surface area contributed by atoms with Crippen molar-refractivity contribution >= 4 is 25.6 Å². The molecular formula is C11H14O6S2. The van der Waals surface area contributed by atoms with Crippen LogP contribution in [-0.4, -0.2) is 45.7 Å². The highest BCUT2D eigenvalue weighted by molar-refractivity contribution is 7.94. The van der Waals surface area contributed by atoms with Gasteiger partial charge in [-0.15, -0.1) is 0 Å². The smallest absolute Gasteiger partial charge is 0.307 e. The maximum Gasteiger partial charge on any atom is 0.307 e. The Hall–Kier alpha value is -1.41. The average molecular weight is 306 g/mol. The van der Waals surface area contributed by atoms with Crippen LogP contribution in [0.3, 0.4) is 0 Å². The molecule has 0 amide bonds. The summed E-state index contributed by atoms with van der Waals surface area (Å²) >= 11 is 0. The summed E-state index contributed by atoms with van der Waals surface area (Å²) in [6, 6.07) is 5.38. The molecule has 1 aromatic rings. The van der Waals surface area contributed by atoms with E-state index in [0.717, 1.165) is 6.26 Å². The highest BCUT2D eigenvalue weighted by Crippen LogP contribution is 2.13. The van der Waals surface area contributed by atoms with Gasteiger partial charge in [0.05, 0.1) is 22.8 Å². The number of aliphatic carboxylic acids is 1. The monoisotopic (exact) mass is 306 g/mol. The first-order chi connectivity index (χ1) is 8.60. The SMILES string of the molecule is CS(=O)(=O)CCS(=O)(=O)c1ccc(CC(=O)O)cc1. The average Bonchev–Trinajstić information content (AvgIpc) is 2.26. The molecule has 0 radical (unpaired) electrons. The van der Waals surface area contributed by atoms with E-state index in [1.807, 2.05) is 0 Å². The second-order valence-corrected chi connectivity index (χ2v) is 8.53. The summed E-state index contributed by atoms with van der Waals surface area (Å²) in [7, 11) is -7.01. The van der Waals surface area contributed by atoms with Gasteiger partial charge in [-0.1, -0.05) is 12.1 Å². The third-order valence-corrected chi connectivity index (χ3v) is 5.30. The topological polar surface area (TPSA) is 106 Å². The first-order valence-electron chi connectivity index (χ1n) is 5.31. The summed E-state index contributed by atoms with van der Waals surface area (Å²) in [6.45, 7) is 0. The Balaban J connectivity index is 2.88. The van der Waals surface area contributed by atoms with Crippen molar-refractivity contribution in [2.75, 3.05) is 17.8 Å². The van der Waals surface area contributed by atoms with E-state index >= 15 is 0 Å². The van der Waals surface area contributed by atoms with Crippen molar-refractivity contribution in [3.05, 3.63) is 29.8 Å². The quantitative estimate of drug-likeness (QED) is 0.801. The molecule has 0 unspecified atom stereocenters. The van der Waals surface area contributed by atoms with Crippen LogP contribution in [0.5, 0.6) is 0 Å². The van der Waals surface area contributed by atoms with Gasteiger partial charge in [0.2, 0.25) is 0 Å². The van der Waals surface area contributed by atoms with Crippen molar-refractivity contribution in [2.45, 2.75) is 11.3 Å². The molecule has 19 heavy (non-hydrogen) atoms. The molecule has 1 aromatic carbocycles. The molecule has 0 aliphatic carbocycles. The lowest BCUT2D eigenvalue weighted by Crippen LogP contribution is -2.16. The van der Waals surface area contributed by atoms with Crippen LogP contribution in [-0.2, 0) is 30.9 Å². The van der Waals surface area contributed by atoms with Crippen molar-refractivity contribution in [1.82, 2.24) is 0 Å². The molecule has 0 bridgehead atoms. The normalized spacial score (nSPS) is 12.3. The highest BCUT2D eigenvalue weighted by Gasteiger charge is 2.17. The molecule has 0 saturated heterocycles. The van der Waals surface area contributed by atoms with Gasteiger partial charge in [0.1, 0.15) is 9.84 Å². The number of carboxylic acid groups (broad SMARTS) is 1. The maximum atomic E-state index is 11.8. The Morgan fingerprint density at radius 2 is 1.58 bits per heavy atom. The van der Waals surface area contributed by atoms with Gasteiger partial charge in [-0.25, -0.2) is 16.8 Å². The summed E-state index contributed by atoms with van der Waals surface area (Å²) in [5.74, 6) is -1.93. The molecule has 0 aromatic heterocycles. The Morgan fingerprint density at radius 1 is 1.05 bits per heavy atom. The number of carboxylic acids is 1. The van der Waals surface area contributed by atoms with Gasteiger partial charge in [-0.2, -0.15) is 0 Å². The summed E-state index contributed by atoms with van der Waals surface area (Å²) < 4.78 is 45.6. The van der Waals surface area contributed by atoms with Crippen LogP contribution >= 0.6 is 0 Å². The number of sulfone groups is 2. The van der Waals surface area contributed by atoms with Gasteiger partial charge in [-0.3, -0.25) is 4.79 Å². The third kappa shape index (κ3) is 5.39. The third-order valence-electron chi connectivity index (χ3n) is 2.36. The highest BCUT2D eigenvalue weighted by atomic mass is 32.2. The van der Waals surface area contributed by atoms with Crippen LogP contribution in [0.4, 0.5) is 0 Å². The van der Waals surface area contributed by atoms with Crippen LogP contribution in [0.25, 0.3) is 0 Å². The number of benzene rings is 1. The Bertz CT molecular complexity index is 656. The molecule has 8 heteroatoms. The second kappa shape index (κ2) is 5.70. The van der Waals surface area contributed by atoms with E-state index in [9.17, 15) is 21.6 Å². The van der Waals surface area contributed by atoms with Gasteiger partial charge >= 0.3 is 5.97 Å². The van der Waals surface area contributed by atoms with Crippen molar-refractivity contribution in [2.24, 2.45) is 0 Å². The lowest BCUT2D eigenvalue weighted by atomic mass is 10.2. The molecule has 0 fully saturated rings. The minimum atomic E-state index is -3.67. The number of hydrogen-bond acceptors (Lipinski definition) is 5. The van der Waals surface area contributed by atoms with E-state index in [4.69, 9.17) is 5.11 Å². The molecule has 1 rings (SSSR count). The fraction of sp³-hybridized carbons (Fsp3) is 0.364. The zero-order valence-corrected chi connectivity index (χ0v) is 11.9. The van der Waals surface area contributed by atoms with Crippen LogP contribution in [0.2, 0.25) is 0 Å². The van der Waals surface area contributed by atoms with E-state index in [2.05, 4.69) is 0 Å². The fourth-order valence-electron chi connectivity index (χ4n) is 1.37. The van der Waals surface area contributed by atoms with Crippen molar-refractivity contribution in [3.63, 3.8) is 0 Å². The molecule has 106 valence electrons. The van der Waals surface area contributed by atoms with E-state index in [-0.39, 0.29) is 11.3 Å². The van der Waals surface area contributed by atoms with E-state index in [0.29, 0.717) is 5.56 Å². The Morgan fingerprint density at radius 3 is 2.00 bits per heavy atom. The van der Waals surface area contributed by atoms with Crippen LogP contribution in [0, 0.1) is 0 Å². The first-order valence-corrected chi connectivity index (χ1v) is 9.03. The van der Waals surface area contributed by atoms with E-state index in [1.165, 1.54) is 24.3 Å². The first kappa shape index (κ1) is 15.6. The summed E-state index contributed by atoms with van der Waals surface area (Å²) in [5.41, 5.74) is 0.481. The molecule has 6 nitrogen and oxygen atoms in total. The Labute approximate surface area is 111 Å². The molecule has 0 aliphatic heterocycles. The molecule has 0 saturated carbocycles. The molecule has 0 aliphatic rings. The number of hydrogen-bond donors (Lipinski definition) is 1. The van der Waals surface area contributed by atoms with Gasteiger partial charge in [0.25, 0.3) is 0 Å². The van der Waals surface area contributed by atoms with Crippen LogP contribution < -0.4 is 0 Å².